The highest BCUT2D eigenvalue weighted by molar-refractivity contribution is 6.00. The van der Waals surface area contributed by atoms with Crippen molar-refractivity contribution in [3.8, 4) is 0 Å². The Bertz CT molecular complexity index is 693. The molecular weight excluding hydrogens is 265 g/mol. The van der Waals surface area contributed by atoms with Crippen molar-refractivity contribution in [1.82, 2.24) is 0 Å². The van der Waals surface area contributed by atoms with E-state index in [2.05, 4.69) is 4.99 Å². The van der Waals surface area contributed by atoms with E-state index in [9.17, 15) is 13.2 Å². The highest BCUT2D eigenvalue weighted by Crippen LogP contribution is 2.31. The first-order chi connectivity index (χ1) is 9.56. The summed E-state index contributed by atoms with van der Waals surface area (Å²) in [5.74, 6) is -1.48. The molecule has 0 amide bonds. The molecule has 1 atom stereocenters. The molecule has 0 aromatic heterocycles. The fourth-order valence-electron chi connectivity index (χ4n) is 2.42. The van der Waals surface area contributed by atoms with Gasteiger partial charge in [0, 0.05) is 12.0 Å². The van der Waals surface area contributed by atoms with Crippen molar-refractivity contribution in [3.05, 3.63) is 70.5 Å². The Kier molecular flexibility index (Phi) is 2.97. The monoisotopic (exact) mass is 276 g/mol. The summed E-state index contributed by atoms with van der Waals surface area (Å²) < 4.78 is 40.5. The predicted octanol–water partition coefficient (Wildman–Crippen LogP) is 3.11. The summed E-state index contributed by atoms with van der Waals surface area (Å²) in [6, 6.07) is 7.43. The third-order valence-corrected chi connectivity index (χ3v) is 3.41. The molecule has 0 saturated heterocycles. The van der Waals surface area contributed by atoms with Gasteiger partial charge in [-0.25, -0.2) is 13.2 Å². The number of aliphatic imine (C=N–C) groups is 1. The van der Waals surface area contributed by atoms with Gasteiger partial charge in [0.2, 0.25) is 0 Å². The summed E-state index contributed by atoms with van der Waals surface area (Å²) in [5.41, 5.74) is 6.70. The minimum absolute atomic E-state index is 0.0300. The van der Waals surface area contributed by atoms with Crippen LogP contribution in [0.2, 0.25) is 0 Å². The van der Waals surface area contributed by atoms with Crippen molar-refractivity contribution >= 4 is 5.84 Å². The minimum atomic E-state index is -0.583. The first kappa shape index (κ1) is 12.7. The largest absolute Gasteiger partial charge is 0.383 e. The zero-order valence-electron chi connectivity index (χ0n) is 10.4. The topological polar surface area (TPSA) is 38.4 Å². The van der Waals surface area contributed by atoms with E-state index in [1.165, 1.54) is 12.1 Å². The number of nitrogens with zero attached hydrogens (tertiary/aromatic N) is 1. The molecule has 0 bridgehead atoms. The Labute approximate surface area is 113 Å². The van der Waals surface area contributed by atoms with Gasteiger partial charge >= 0.3 is 0 Å². The summed E-state index contributed by atoms with van der Waals surface area (Å²) >= 11 is 0. The molecule has 1 heterocycles. The van der Waals surface area contributed by atoms with Crippen molar-refractivity contribution in [2.24, 2.45) is 10.7 Å². The number of benzene rings is 2. The molecule has 2 aromatic carbocycles. The number of rotatable bonds is 1. The van der Waals surface area contributed by atoms with Gasteiger partial charge in [-0.3, -0.25) is 4.99 Å². The third kappa shape index (κ3) is 2.05. The van der Waals surface area contributed by atoms with Crippen molar-refractivity contribution < 1.29 is 13.2 Å². The maximum atomic E-state index is 13.8. The Morgan fingerprint density at radius 1 is 0.950 bits per heavy atom. The van der Waals surface area contributed by atoms with Gasteiger partial charge in [-0.15, -0.1) is 0 Å². The number of hydrogen-bond donors (Lipinski definition) is 1. The molecule has 0 radical (unpaired) electrons. The fraction of sp³-hybridized carbons (Fsp3) is 0.133. The van der Waals surface area contributed by atoms with Crippen molar-refractivity contribution in [2.75, 3.05) is 0 Å². The van der Waals surface area contributed by atoms with E-state index in [4.69, 9.17) is 5.73 Å². The van der Waals surface area contributed by atoms with Crippen LogP contribution in [-0.2, 0) is 6.42 Å². The van der Waals surface area contributed by atoms with Gasteiger partial charge in [0.25, 0.3) is 0 Å². The molecule has 2 nitrogen and oxygen atoms in total. The van der Waals surface area contributed by atoms with E-state index in [0.29, 0.717) is 5.56 Å². The standard InChI is InChI=1S/C15H11F3N2/c16-9-3-1-8(2-4-9)13-7-10-11(17)5-6-12(18)14(10)15(19)20-13/h1-6,13H,7H2,(H2,19,20). The molecule has 5 heteroatoms. The normalized spacial score (nSPS) is 17.6. The maximum absolute atomic E-state index is 13.8. The summed E-state index contributed by atoms with van der Waals surface area (Å²) in [6.07, 6.45) is 0.200. The van der Waals surface area contributed by atoms with Crippen LogP contribution in [0.1, 0.15) is 22.7 Å². The van der Waals surface area contributed by atoms with Gasteiger partial charge in [-0.1, -0.05) is 12.1 Å². The summed E-state index contributed by atoms with van der Waals surface area (Å²) in [7, 11) is 0. The number of amidine groups is 1. The van der Waals surface area contributed by atoms with E-state index in [1.807, 2.05) is 0 Å². The number of hydrogen-bond acceptors (Lipinski definition) is 2. The van der Waals surface area contributed by atoms with Crippen LogP contribution < -0.4 is 5.73 Å². The van der Waals surface area contributed by atoms with Crippen molar-refractivity contribution in [2.45, 2.75) is 12.5 Å². The van der Waals surface area contributed by atoms with E-state index in [1.54, 1.807) is 12.1 Å². The van der Waals surface area contributed by atoms with Gasteiger partial charge in [0.15, 0.2) is 0 Å². The lowest BCUT2D eigenvalue weighted by atomic mass is 9.92. The first-order valence-corrected chi connectivity index (χ1v) is 6.12. The second kappa shape index (κ2) is 4.67. The number of halogens is 3. The summed E-state index contributed by atoms with van der Waals surface area (Å²) in [5, 5.41) is 0. The quantitative estimate of drug-likeness (QED) is 0.854. The number of fused-ring (bicyclic) bond motifs is 1. The Morgan fingerprint density at radius 3 is 2.30 bits per heavy atom. The molecule has 0 fully saturated rings. The Hall–Kier alpha value is -2.30. The summed E-state index contributed by atoms with van der Waals surface area (Å²) in [6.45, 7) is 0. The smallest absolute Gasteiger partial charge is 0.134 e. The van der Waals surface area contributed by atoms with Crippen LogP contribution >= 0.6 is 0 Å². The van der Waals surface area contributed by atoms with E-state index >= 15 is 0 Å². The van der Waals surface area contributed by atoms with Crippen LogP contribution in [0.5, 0.6) is 0 Å². The third-order valence-electron chi connectivity index (χ3n) is 3.41. The van der Waals surface area contributed by atoms with Crippen LogP contribution in [0, 0.1) is 17.5 Å². The number of nitrogens with two attached hydrogens (primary N) is 1. The maximum Gasteiger partial charge on any atom is 0.134 e. The highest BCUT2D eigenvalue weighted by Gasteiger charge is 2.26. The van der Waals surface area contributed by atoms with Crippen LogP contribution in [0.4, 0.5) is 13.2 Å². The molecule has 1 unspecified atom stereocenters. The van der Waals surface area contributed by atoms with Gasteiger partial charge in [0.1, 0.15) is 23.3 Å². The van der Waals surface area contributed by atoms with Crippen LogP contribution in [0.25, 0.3) is 0 Å². The van der Waals surface area contributed by atoms with Gasteiger partial charge in [0.05, 0.1) is 11.6 Å². The van der Waals surface area contributed by atoms with Crippen molar-refractivity contribution in [3.63, 3.8) is 0 Å². The average Bonchev–Trinajstić information content (AvgIpc) is 2.43. The van der Waals surface area contributed by atoms with Gasteiger partial charge in [-0.05, 0) is 29.8 Å². The van der Waals surface area contributed by atoms with E-state index in [0.717, 1.165) is 12.1 Å². The second-order valence-electron chi connectivity index (χ2n) is 4.67. The van der Waals surface area contributed by atoms with E-state index < -0.39 is 17.7 Å². The molecule has 1 aliphatic heterocycles. The lowest BCUT2D eigenvalue weighted by Gasteiger charge is -2.22. The van der Waals surface area contributed by atoms with Crippen LogP contribution in [0.15, 0.2) is 41.4 Å². The van der Waals surface area contributed by atoms with Gasteiger partial charge < -0.3 is 5.73 Å². The zero-order chi connectivity index (χ0) is 14.3. The molecule has 0 aliphatic carbocycles. The Balaban J connectivity index is 2.06. The molecule has 102 valence electrons. The molecule has 20 heavy (non-hydrogen) atoms. The Morgan fingerprint density at radius 2 is 1.60 bits per heavy atom. The average molecular weight is 276 g/mol. The minimum Gasteiger partial charge on any atom is -0.383 e. The zero-order valence-corrected chi connectivity index (χ0v) is 10.4. The van der Waals surface area contributed by atoms with Gasteiger partial charge in [-0.2, -0.15) is 0 Å². The highest BCUT2D eigenvalue weighted by atomic mass is 19.1. The molecule has 3 rings (SSSR count). The lowest BCUT2D eigenvalue weighted by Crippen LogP contribution is -2.25. The second-order valence-corrected chi connectivity index (χ2v) is 4.67. The summed E-state index contributed by atoms with van der Waals surface area (Å²) in [4.78, 5) is 4.19. The SMILES string of the molecule is NC1=NC(c2ccc(F)cc2)Cc2c(F)ccc(F)c21. The molecule has 0 spiro atoms. The van der Waals surface area contributed by atoms with Crippen LogP contribution in [0.3, 0.4) is 0 Å². The molecule has 1 aliphatic rings. The van der Waals surface area contributed by atoms with Crippen LogP contribution in [-0.4, -0.2) is 5.84 Å². The predicted molar refractivity (Wildman–Crippen MR) is 69.9 cm³/mol. The van der Waals surface area contributed by atoms with E-state index in [-0.39, 0.29) is 29.2 Å². The molecule has 0 saturated carbocycles. The molecular formula is C15H11F3N2. The molecule has 2 aromatic rings. The lowest BCUT2D eigenvalue weighted by molar-refractivity contribution is 0.563. The molecule has 2 N–H and O–H groups in total. The first-order valence-electron chi connectivity index (χ1n) is 6.12. The fourth-order valence-corrected chi connectivity index (χ4v) is 2.42. The van der Waals surface area contributed by atoms with Crippen molar-refractivity contribution in [1.29, 1.82) is 0 Å².